The summed E-state index contributed by atoms with van der Waals surface area (Å²) in [4.78, 5) is 25.7. The molecule has 0 bridgehead atoms. The largest absolute Gasteiger partial charge is 0.490 e. The third-order valence-electron chi connectivity index (χ3n) is 6.55. The number of hydrogen-bond acceptors (Lipinski definition) is 4. The molecule has 1 aromatic rings. The quantitative estimate of drug-likeness (QED) is 0.719. The molecule has 2 aliphatic heterocycles. The van der Waals surface area contributed by atoms with Crippen molar-refractivity contribution in [2.45, 2.75) is 50.4 Å². The molecule has 1 unspecified atom stereocenters. The fourth-order valence-electron chi connectivity index (χ4n) is 4.74. The first-order valence-electron chi connectivity index (χ1n) is 10.3. The van der Waals surface area contributed by atoms with Crippen molar-refractivity contribution in [3.05, 3.63) is 29.6 Å². The van der Waals surface area contributed by atoms with Crippen LogP contribution in [-0.2, 0) is 15.7 Å². The smallest absolute Gasteiger partial charge is 0.420 e. The minimum absolute atomic E-state index is 0.0227. The van der Waals surface area contributed by atoms with E-state index in [0.717, 1.165) is 12.1 Å². The van der Waals surface area contributed by atoms with Crippen molar-refractivity contribution in [2.24, 2.45) is 11.8 Å². The van der Waals surface area contributed by atoms with Crippen LogP contribution < -0.4 is 10.1 Å². The molecule has 3 fully saturated rings. The fourth-order valence-corrected chi connectivity index (χ4v) is 4.74. The Morgan fingerprint density at radius 2 is 1.97 bits per heavy atom. The third-order valence-corrected chi connectivity index (χ3v) is 6.55. The molecule has 0 radical (unpaired) electrons. The van der Waals surface area contributed by atoms with Crippen molar-refractivity contribution >= 4 is 12.0 Å². The molecule has 2 heterocycles. The van der Waals surface area contributed by atoms with Crippen molar-refractivity contribution < 1.29 is 36.6 Å². The van der Waals surface area contributed by atoms with Crippen LogP contribution in [0.2, 0.25) is 0 Å². The zero-order chi connectivity index (χ0) is 22.4. The number of alkyl carbamates (subject to hydrolysis) is 1. The van der Waals surface area contributed by atoms with Gasteiger partial charge in [0, 0.05) is 19.0 Å². The van der Waals surface area contributed by atoms with Gasteiger partial charge in [-0.05, 0) is 56.7 Å². The van der Waals surface area contributed by atoms with Crippen molar-refractivity contribution in [3.8, 4) is 5.75 Å². The molecule has 1 aliphatic carbocycles. The molecule has 1 N–H and O–H groups in total. The number of piperidine rings is 1. The maximum Gasteiger partial charge on any atom is 0.420 e. The molecular formula is C21H24F4N2O4. The highest BCUT2D eigenvalue weighted by Crippen LogP contribution is 2.42. The van der Waals surface area contributed by atoms with Gasteiger partial charge < -0.3 is 19.7 Å². The summed E-state index contributed by atoms with van der Waals surface area (Å²) in [5, 5.41) is 2.77. The summed E-state index contributed by atoms with van der Waals surface area (Å²) in [5.74, 6) is -1.50. The molecule has 10 heteroatoms. The molecule has 2 amide bonds. The van der Waals surface area contributed by atoms with Crippen molar-refractivity contribution in [1.29, 1.82) is 0 Å². The first-order chi connectivity index (χ1) is 14.6. The van der Waals surface area contributed by atoms with Crippen LogP contribution in [0.15, 0.2) is 18.2 Å². The first kappa shape index (κ1) is 21.7. The minimum Gasteiger partial charge on any atom is -0.490 e. The average molecular weight is 444 g/mol. The van der Waals surface area contributed by atoms with E-state index in [-0.39, 0.29) is 30.1 Å². The number of rotatable bonds is 4. The SMILES string of the molecule is CC(Oc1ccc(F)cc1C(F)(F)F)C1CCN(C(=O)[C@H]2C[C@@]3(COC(=O)N3)C2)CC1. The number of hydrogen-bond donors (Lipinski definition) is 1. The van der Waals surface area contributed by atoms with E-state index in [1.807, 2.05) is 0 Å². The molecule has 6 nitrogen and oxygen atoms in total. The standard InChI is InChI=1S/C21H24F4N2O4/c1-12(31-17-3-2-15(22)8-16(17)21(23,24)25)13-4-6-27(7-5-13)18(28)14-9-20(10-14)11-30-19(29)26-20/h2-3,8,12-14H,4-7,9-11H2,1H3,(H,26,29)/t12?,14-,20-. The first-order valence-corrected chi connectivity index (χ1v) is 10.3. The summed E-state index contributed by atoms with van der Waals surface area (Å²) in [6.45, 7) is 2.98. The second kappa shape index (κ2) is 7.87. The third kappa shape index (κ3) is 4.43. The van der Waals surface area contributed by atoms with Crippen LogP contribution in [-0.4, -0.2) is 48.2 Å². The Morgan fingerprint density at radius 3 is 2.55 bits per heavy atom. The van der Waals surface area contributed by atoms with Gasteiger partial charge in [0.15, 0.2) is 0 Å². The number of carbonyl (C=O) groups excluding carboxylic acids is 2. The van der Waals surface area contributed by atoms with Crippen LogP contribution in [0.4, 0.5) is 22.4 Å². The lowest BCUT2D eigenvalue weighted by atomic mass is 9.68. The Balaban J connectivity index is 1.29. The van der Waals surface area contributed by atoms with E-state index in [1.165, 1.54) is 0 Å². The lowest BCUT2D eigenvalue weighted by Crippen LogP contribution is -2.58. The summed E-state index contributed by atoms with van der Waals surface area (Å²) in [6, 6.07) is 2.39. The van der Waals surface area contributed by atoms with Gasteiger partial charge in [-0.1, -0.05) is 0 Å². The van der Waals surface area contributed by atoms with E-state index >= 15 is 0 Å². The lowest BCUT2D eigenvalue weighted by Gasteiger charge is -2.45. The number of halogens is 4. The Kier molecular flexibility index (Phi) is 5.51. The van der Waals surface area contributed by atoms with E-state index in [2.05, 4.69) is 5.32 Å². The van der Waals surface area contributed by atoms with Gasteiger partial charge in [0.05, 0.1) is 11.6 Å². The lowest BCUT2D eigenvalue weighted by molar-refractivity contribution is -0.143. The number of nitrogens with one attached hydrogen (secondary N) is 1. The van der Waals surface area contributed by atoms with Gasteiger partial charge in [-0.3, -0.25) is 4.79 Å². The van der Waals surface area contributed by atoms with Gasteiger partial charge in [0.25, 0.3) is 0 Å². The minimum atomic E-state index is -4.71. The molecule has 170 valence electrons. The molecule has 1 atom stereocenters. The summed E-state index contributed by atoms with van der Waals surface area (Å²) >= 11 is 0. The number of amides is 2. The van der Waals surface area contributed by atoms with Gasteiger partial charge in [0.1, 0.15) is 23.7 Å². The number of carbonyl (C=O) groups is 2. The van der Waals surface area contributed by atoms with Crippen molar-refractivity contribution in [3.63, 3.8) is 0 Å². The maximum atomic E-state index is 13.3. The van der Waals surface area contributed by atoms with Gasteiger partial charge in [-0.25, -0.2) is 9.18 Å². The molecule has 0 aromatic heterocycles. The highest BCUT2D eigenvalue weighted by atomic mass is 19.4. The van der Waals surface area contributed by atoms with Crippen LogP contribution in [0.1, 0.15) is 38.2 Å². The second-order valence-electron chi connectivity index (χ2n) is 8.71. The Labute approximate surface area is 176 Å². The molecule has 31 heavy (non-hydrogen) atoms. The number of ether oxygens (including phenoxy) is 2. The van der Waals surface area contributed by atoms with Crippen LogP contribution in [0, 0.1) is 17.7 Å². The predicted molar refractivity (Wildman–Crippen MR) is 101 cm³/mol. The van der Waals surface area contributed by atoms with Crippen LogP contribution in [0.3, 0.4) is 0 Å². The van der Waals surface area contributed by atoms with Gasteiger partial charge in [-0.2, -0.15) is 13.2 Å². The Hall–Kier alpha value is -2.52. The molecule has 3 aliphatic rings. The van der Waals surface area contributed by atoms with Gasteiger partial charge in [0.2, 0.25) is 5.91 Å². The number of benzene rings is 1. The predicted octanol–water partition coefficient (Wildman–Crippen LogP) is 3.74. The molecule has 1 aromatic carbocycles. The van der Waals surface area contributed by atoms with E-state index in [0.29, 0.717) is 44.8 Å². The number of likely N-dealkylation sites (tertiary alicyclic amines) is 1. The fraction of sp³-hybridized carbons (Fsp3) is 0.619. The average Bonchev–Trinajstić information content (AvgIpc) is 3.09. The topological polar surface area (TPSA) is 67.9 Å². The highest BCUT2D eigenvalue weighted by Gasteiger charge is 2.53. The van der Waals surface area contributed by atoms with E-state index in [9.17, 15) is 27.2 Å². The summed E-state index contributed by atoms with van der Waals surface area (Å²) in [7, 11) is 0. The molecule has 2 saturated heterocycles. The normalized spacial score (nSPS) is 27.5. The number of alkyl halides is 3. The summed E-state index contributed by atoms with van der Waals surface area (Å²) in [6.07, 6.45) is -3.35. The van der Waals surface area contributed by atoms with Gasteiger partial charge >= 0.3 is 12.3 Å². The van der Waals surface area contributed by atoms with Crippen LogP contribution in [0.25, 0.3) is 0 Å². The van der Waals surface area contributed by atoms with E-state index in [1.54, 1.807) is 11.8 Å². The Morgan fingerprint density at radius 1 is 1.29 bits per heavy atom. The summed E-state index contributed by atoms with van der Waals surface area (Å²) < 4.78 is 63.3. The van der Waals surface area contributed by atoms with E-state index < -0.39 is 35.3 Å². The second-order valence-corrected chi connectivity index (χ2v) is 8.71. The molecular weight excluding hydrogens is 420 g/mol. The highest BCUT2D eigenvalue weighted by molar-refractivity contribution is 5.81. The van der Waals surface area contributed by atoms with Crippen molar-refractivity contribution in [2.75, 3.05) is 19.7 Å². The zero-order valence-electron chi connectivity index (χ0n) is 17.0. The summed E-state index contributed by atoms with van der Waals surface area (Å²) in [5.41, 5.74) is -1.54. The monoisotopic (exact) mass is 444 g/mol. The number of cyclic esters (lactones) is 1. The van der Waals surface area contributed by atoms with Crippen LogP contribution >= 0.6 is 0 Å². The van der Waals surface area contributed by atoms with Gasteiger partial charge in [-0.15, -0.1) is 0 Å². The maximum absolute atomic E-state index is 13.3. The number of nitrogens with zero attached hydrogens (tertiary/aromatic N) is 1. The van der Waals surface area contributed by atoms with Crippen molar-refractivity contribution in [1.82, 2.24) is 10.2 Å². The van der Waals surface area contributed by atoms with E-state index in [4.69, 9.17) is 9.47 Å². The molecule has 1 saturated carbocycles. The zero-order valence-corrected chi connectivity index (χ0v) is 17.0. The Bertz CT molecular complexity index is 861. The molecule has 4 rings (SSSR count). The van der Waals surface area contributed by atoms with Crippen LogP contribution in [0.5, 0.6) is 5.75 Å². The molecule has 1 spiro atoms.